The lowest BCUT2D eigenvalue weighted by Crippen LogP contribution is -2.16. The Labute approximate surface area is 146 Å². The number of aryl methyl sites for hydroxylation is 1. The van der Waals surface area contributed by atoms with Gasteiger partial charge in [0.2, 0.25) is 0 Å². The van der Waals surface area contributed by atoms with Gasteiger partial charge in [-0.1, -0.05) is 0 Å². The molecule has 1 aromatic heterocycles. The van der Waals surface area contributed by atoms with Crippen molar-refractivity contribution in [3.8, 4) is 0 Å². The third-order valence-corrected chi connectivity index (χ3v) is 5.22. The smallest absolute Gasteiger partial charge is 0.336 e. The number of rotatable bonds is 7. The highest BCUT2D eigenvalue weighted by molar-refractivity contribution is 7.92. The predicted octanol–water partition coefficient (Wildman–Crippen LogP) is 2.21. The summed E-state index contributed by atoms with van der Waals surface area (Å²) >= 11 is 0. The fourth-order valence-electron chi connectivity index (χ4n) is 2.36. The molecule has 25 heavy (non-hydrogen) atoms. The van der Waals surface area contributed by atoms with E-state index in [1.165, 1.54) is 12.1 Å². The number of anilines is 1. The molecule has 0 aliphatic carbocycles. The van der Waals surface area contributed by atoms with Crippen LogP contribution >= 0.6 is 0 Å². The van der Waals surface area contributed by atoms with Crippen molar-refractivity contribution in [2.75, 3.05) is 18.4 Å². The molecule has 9 heteroatoms. The Kier molecular flexibility index (Phi) is 5.48. The Morgan fingerprint density at radius 3 is 2.68 bits per heavy atom. The minimum atomic E-state index is -3.95. The van der Waals surface area contributed by atoms with Crippen LogP contribution in [-0.2, 0) is 14.8 Å². The number of carboxylic acids is 1. The van der Waals surface area contributed by atoms with E-state index in [1.807, 2.05) is 6.92 Å². The first-order valence-corrected chi connectivity index (χ1v) is 9.05. The average Bonchev–Trinajstić information content (AvgIpc) is 2.97. The second-order valence-corrected chi connectivity index (χ2v) is 7.49. The minimum absolute atomic E-state index is 0.0420. The number of nitrogens with zero attached hydrogens (tertiary/aromatic N) is 2. The summed E-state index contributed by atoms with van der Waals surface area (Å²) in [4.78, 5) is 11.2. The third-order valence-electron chi connectivity index (χ3n) is 3.89. The Balaban J connectivity index is 2.33. The van der Waals surface area contributed by atoms with Gasteiger partial charge < -0.3 is 9.84 Å². The van der Waals surface area contributed by atoms with Crippen LogP contribution < -0.4 is 4.72 Å². The third kappa shape index (κ3) is 4.18. The number of carboxylic acid groups (broad SMARTS) is 1. The molecule has 2 rings (SSSR count). The molecule has 1 aromatic carbocycles. The van der Waals surface area contributed by atoms with Gasteiger partial charge in [0, 0.05) is 19.4 Å². The molecular weight excluding hydrogens is 346 g/mol. The van der Waals surface area contributed by atoms with Crippen molar-refractivity contribution >= 4 is 21.8 Å². The highest BCUT2D eigenvalue weighted by Gasteiger charge is 2.20. The van der Waals surface area contributed by atoms with Crippen LogP contribution in [-0.4, -0.2) is 43.0 Å². The van der Waals surface area contributed by atoms with E-state index in [0.717, 1.165) is 6.07 Å². The van der Waals surface area contributed by atoms with E-state index in [-0.39, 0.29) is 22.3 Å². The largest absolute Gasteiger partial charge is 0.478 e. The van der Waals surface area contributed by atoms with Gasteiger partial charge in [-0.15, -0.1) is 0 Å². The van der Waals surface area contributed by atoms with Crippen LogP contribution in [0, 0.1) is 13.8 Å². The summed E-state index contributed by atoms with van der Waals surface area (Å²) in [7, 11) is -2.38. The number of aromatic nitrogens is 2. The van der Waals surface area contributed by atoms with E-state index in [0.29, 0.717) is 17.7 Å². The zero-order chi connectivity index (χ0) is 18.8. The van der Waals surface area contributed by atoms with Gasteiger partial charge in [-0.3, -0.25) is 9.40 Å². The van der Waals surface area contributed by atoms with Crippen molar-refractivity contribution in [1.29, 1.82) is 0 Å². The van der Waals surface area contributed by atoms with Gasteiger partial charge in [0.15, 0.2) is 5.82 Å². The molecule has 0 saturated carbocycles. The SMILES string of the molecule is COCC(C)n1ccc(NS(=O)(=O)c2cc(C)c(C)c(C(=O)O)c2)n1. The lowest BCUT2D eigenvalue weighted by Gasteiger charge is -2.12. The topological polar surface area (TPSA) is 111 Å². The number of carbonyl (C=O) groups is 1. The number of hydrogen-bond acceptors (Lipinski definition) is 5. The van der Waals surface area contributed by atoms with Crippen LogP contribution in [0.3, 0.4) is 0 Å². The molecule has 0 aliphatic heterocycles. The number of hydrogen-bond donors (Lipinski definition) is 2. The van der Waals surface area contributed by atoms with Crippen LogP contribution in [0.25, 0.3) is 0 Å². The Hall–Kier alpha value is -2.39. The Bertz CT molecular complexity index is 889. The summed E-state index contributed by atoms with van der Waals surface area (Å²) < 4.78 is 34.1. The van der Waals surface area contributed by atoms with Crippen LogP contribution in [0.5, 0.6) is 0 Å². The second-order valence-electron chi connectivity index (χ2n) is 5.81. The number of aromatic carboxylic acids is 1. The normalized spacial score (nSPS) is 12.8. The summed E-state index contributed by atoms with van der Waals surface area (Å²) in [5, 5.41) is 13.4. The minimum Gasteiger partial charge on any atom is -0.478 e. The summed E-state index contributed by atoms with van der Waals surface area (Å²) in [6.07, 6.45) is 1.64. The number of nitrogens with one attached hydrogen (secondary N) is 1. The molecular formula is C16H21N3O5S. The highest BCUT2D eigenvalue weighted by atomic mass is 32.2. The maximum absolute atomic E-state index is 12.6. The predicted molar refractivity (Wildman–Crippen MR) is 92.5 cm³/mol. The number of benzene rings is 1. The molecule has 0 radical (unpaired) electrons. The maximum atomic E-state index is 12.6. The van der Waals surface area contributed by atoms with E-state index in [1.54, 1.807) is 31.8 Å². The van der Waals surface area contributed by atoms with E-state index in [9.17, 15) is 18.3 Å². The van der Waals surface area contributed by atoms with Gasteiger partial charge in [-0.05, 0) is 44.0 Å². The van der Waals surface area contributed by atoms with Crippen molar-refractivity contribution in [1.82, 2.24) is 9.78 Å². The van der Waals surface area contributed by atoms with Crippen molar-refractivity contribution in [3.05, 3.63) is 41.1 Å². The molecule has 1 heterocycles. The van der Waals surface area contributed by atoms with E-state index in [2.05, 4.69) is 9.82 Å². The van der Waals surface area contributed by atoms with Gasteiger partial charge in [0.05, 0.1) is 23.1 Å². The molecule has 0 fully saturated rings. The first kappa shape index (κ1) is 18.9. The zero-order valence-electron chi connectivity index (χ0n) is 14.5. The summed E-state index contributed by atoms with van der Waals surface area (Å²) in [5.41, 5.74) is 1.07. The van der Waals surface area contributed by atoms with Crippen LogP contribution in [0.15, 0.2) is 29.3 Å². The molecule has 1 unspecified atom stereocenters. The lowest BCUT2D eigenvalue weighted by molar-refractivity contribution is 0.0695. The molecule has 1 atom stereocenters. The number of sulfonamides is 1. The molecule has 0 aliphatic rings. The fraction of sp³-hybridized carbons (Fsp3) is 0.375. The number of methoxy groups -OCH3 is 1. The van der Waals surface area contributed by atoms with Crippen LogP contribution in [0.1, 0.15) is 34.5 Å². The number of ether oxygens (including phenoxy) is 1. The average molecular weight is 367 g/mol. The van der Waals surface area contributed by atoms with Gasteiger partial charge in [0.25, 0.3) is 10.0 Å². The standard InChI is InChI=1S/C16H21N3O5S/c1-10-7-13(8-14(12(10)3)16(20)21)25(22,23)18-15-5-6-19(17-15)11(2)9-24-4/h5-8,11H,9H2,1-4H3,(H,17,18)(H,20,21). The van der Waals surface area contributed by atoms with Crippen LogP contribution in [0.2, 0.25) is 0 Å². The highest BCUT2D eigenvalue weighted by Crippen LogP contribution is 2.22. The van der Waals surface area contributed by atoms with Gasteiger partial charge in [-0.25, -0.2) is 13.2 Å². The first-order valence-electron chi connectivity index (χ1n) is 7.57. The lowest BCUT2D eigenvalue weighted by atomic mass is 10.0. The maximum Gasteiger partial charge on any atom is 0.336 e. The van der Waals surface area contributed by atoms with Gasteiger partial charge in [-0.2, -0.15) is 5.10 Å². The summed E-state index contributed by atoms with van der Waals surface area (Å²) in [6.45, 7) is 5.63. The fourth-order valence-corrected chi connectivity index (χ4v) is 3.46. The van der Waals surface area contributed by atoms with Crippen molar-refractivity contribution in [2.24, 2.45) is 0 Å². The van der Waals surface area contributed by atoms with Gasteiger partial charge in [0.1, 0.15) is 0 Å². The van der Waals surface area contributed by atoms with Crippen molar-refractivity contribution < 1.29 is 23.1 Å². The van der Waals surface area contributed by atoms with Crippen LogP contribution in [0.4, 0.5) is 5.82 Å². The molecule has 0 saturated heterocycles. The van der Waals surface area contributed by atoms with E-state index in [4.69, 9.17) is 4.74 Å². The Morgan fingerprint density at radius 1 is 1.40 bits per heavy atom. The monoisotopic (exact) mass is 367 g/mol. The zero-order valence-corrected chi connectivity index (χ0v) is 15.3. The molecule has 0 amide bonds. The van der Waals surface area contributed by atoms with Crippen molar-refractivity contribution in [3.63, 3.8) is 0 Å². The molecule has 2 aromatic rings. The Morgan fingerprint density at radius 2 is 2.08 bits per heavy atom. The van der Waals surface area contributed by atoms with Crippen molar-refractivity contribution in [2.45, 2.75) is 31.7 Å². The summed E-state index contributed by atoms with van der Waals surface area (Å²) in [6, 6.07) is 4.07. The molecule has 2 N–H and O–H groups in total. The quantitative estimate of drug-likeness (QED) is 0.776. The van der Waals surface area contributed by atoms with E-state index >= 15 is 0 Å². The molecule has 8 nitrogen and oxygen atoms in total. The van der Waals surface area contributed by atoms with Gasteiger partial charge >= 0.3 is 5.97 Å². The summed E-state index contributed by atoms with van der Waals surface area (Å²) in [5.74, 6) is -1.02. The second kappa shape index (κ2) is 7.24. The molecule has 0 spiro atoms. The first-order chi connectivity index (χ1) is 11.7. The van der Waals surface area contributed by atoms with E-state index < -0.39 is 16.0 Å². The molecule has 136 valence electrons. The molecule has 0 bridgehead atoms.